The monoisotopic (exact) mass is 298 g/mol. The van der Waals surface area contributed by atoms with E-state index in [0.717, 1.165) is 38.9 Å². The van der Waals surface area contributed by atoms with Crippen molar-refractivity contribution in [2.45, 2.75) is 0 Å². The molecule has 0 radical (unpaired) electrons. The van der Waals surface area contributed by atoms with Crippen LogP contribution >= 0.6 is 11.3 Å². The molecule has 21 heavy (non-hydrogen) atoms. The van der Waals surface area contributed by atoms with E-state index < -0.39 is 0 Å². The van der Waals surface area contributed by atoms with Crippen LogP contribution in [0.25, 0.3) is 20.2 Å². The van der Waals surface area contributed by atoms with Crippen molar-refractivity contribution in [1.82, 2.24) is 4.90 Å². The van der Waals surface area contributed by atoms with Gasteiger partial charge in [-0.25, -0.2) is 0 Å². The van der Waals surface area contributed by atoms with E-state index in [2.05, 4.69) is 30.4 Å². The molecule has 4 heteroatoms. The Labute approximate surface area is 127 Å². The molecule has 0 saturated heterocycles. The summed E-state index contributed by atoms with van der Waals surface area (Å²) in [6, 6.07) is 13.8. The average molecular weight is 298 g/mol. The zero-order valence-electron chi connectivity index (χ0n) is 12.2. The maximum Gasteiger partial charge on any atom is 0.195 e. The third kappa shape index (κ3) is 2.91. The number of likely N-dealkylation sites (N-methyl/N-ethyl adjacent to an activating group) is 1. The molecule has 1 heterocycles. The second-order valence-corrected chi connectivity index (χ2v) is 6.45. The number of hydrogen-bond acceptors (Lipinski definition) is 4. The van der Waals surface area contributed by atoms with Crippen LogP contribution in [0.2, 0.25) is 0 Å². The topological polar surface area (TPSA) is 32.3 Å². The maximum absolute atomic E-state index is 12.5. The molecule has 1 aromatic heterocycles. The van der Waals surface area contributed by atoms with E-state index in [0.29, 0.717) is 0 Å². The Morgan fingerprint density at radius 3 is 2.62 bits per heavy atom. The van der Waals surface area contributed by atoms with Gasteiger partial charge in [0, 0.05) is 38.9 Å². The number of nitrogens with zero attached hydrogens (tertiary/aromatic N) is 1. The van der Waals surface area contributed by atoms with Crippen LogP contribution in [0.4, 0.5) is 5.69 Å². The van der Waals surface area contributed by atoms with Crippen molar-refractivity contribution >= 4 is 37.2 Å². The first-order valence-corrected chi connectivity index (χ1v) is 7.81. The molecule has 1 N–H and O–H groups in total. The lowest BCUT2D eigenvalue weighted by Gasteiger charge is -2.11. The van der Waals surface area contributed by atoms with Gasteiger partial charge in [-0.1, -0.05) is 12.1 Å². The first kappa shape index (κ1) is 14.0. The molecular formula is C17H18N2OS. The fraction of sp³-hybridized carbons (Fsp3) is 0.235. The maximum atomic E-state index is 12.5. The van der Waals surface area contributed by atoms with Gasteiger partial charge in [0.25, 0.3) is 0 Å². The van der Waals surface area contributed by atoms with Crippen molar-refractivity contribution in [3.63, 3.8) is 0 Å². The number of fused-ring (bicyclic) bond motifs is 2. The van der Waals surface area contributed by atoms with E-state index in [9.17, 15) is 4.79 Å². The van der Waals surface area contributed by atoms with Gasteiger partial charge in [0.2, 0.25) is 0 Å². The summed E-state index contributed by atoms with van der Waals surface area (Å²) < 4.78 is 2.08. The molecule has 3 nitrogen and oxygen atoms in total. The van der Waals surface area contributed by atoms with Gasteiger partial charge in [-0.2, -0.15) is 0 Å². The fourth-order valence-corrected chi connectivity index (χ4v) is 3.45. The van der Waals surface area contributed by atoms with Gasteiger partial charge in [0.15, 0.2) is 5.43 Å². The third-order valence-electron chi connectivity index (χ3n) is 3.47. The van der Waals surface area contributed by atoms with Gasteiger partial charge >= 0.3 is 0 Å². The van der Waals surface area contributed by atoms with Crippen molar-refractivity contribution in [1.29, 1.82) is 0 Å². The molecular weight excluding hydrogens is 280 g/mol. The second kappa shape index (κ2) is 5.84. The first-order valence-electron chi connectivity index (χ1n) is 6.99. The highest BCUT2D eigenvalue weighted by Gasteiger charge is 2.06. The highest BCUT2D eigenvalue weighted by atomic mass is 32.1. The molecule has 0 unspecified atom stereocenters. The molecule has 0 aliphatic rings. The Kier molecular flexibility index (Phi) is 3.90. The Morgan fingerprint density at radius 2 is 1.81 bits per heavy atom. The summed E-state index contributed by atoms with van der Waals surface area (Å²) in [7, 11) is 4.11. The Hall–Kier alpha value is -1.91. The van der Waals surface area contributed by atoms with E-state index in [4.69, 9.17) is 0 Å². The largest absolute Gasteiger partial charge is 0.384 e. The minimum Gasteiger partial charge on any atom is -0.384 e. The molecule has 3 rings (SSSR count). The predicted octanol–water partition coefficient (Wildman–Crippen LogP) is 3.39. The summed E-state index contributed by atoms with van der Waals surface area (Å²) in [5.74, 6) is 0. The lowest BCUT2D eigenvalue weighted by Crippen LogP contribution is -2.20. The quantitative estimate of drug-likeness (QED) is 0.749. The number of anilines is 1. The standard InChI is InChI=1S/C17H18N2OS/c1-19(2)10-9-18-12-7-8-14-16(11-12)21-15-6-4-3-5-13(15)17(14)20/h3-8,11,18H,9-10H2,1-2H3. The van der Waals surface area contributed by atoms with Crippen LogP contribution < -0.4 is 10.7 Å². The second-order valence-electron chi connectivity index (χ2n) is 5.37. The fourth-order valence-electron chi connectivity index (χ4n) is 2.33. The summed E-state index contributed by atoms with van der Waals surface area (Å²) in [6.07, 6.45) is 0. The van der Waals surface area contributed by atoms with Gasteiger partial charge in [-0.3, -0.25) is 4.79 Å². The average Bonchev–Trinajstić information content (AvgIpc) is 2.47. The van der Waals surface area contributed by atoms with Gasteiger partial charge in [0.1, 0.15) is 0 Å². The van der Waals surface area contributed by atoms with Crippen LogP contribution in [0.5, 0.6) is 0 Å². The lowest BCUT2D eigenvalue weighted by atomic mass is 10.2. The SMILES string of the molecule is CN(C)CCNc1ccc2c(=O)c3ccccc3sc2c1. The number of hydrogen-bond donors (Lipinski definition) is 1. The highest BCUT2D eigenvalue weighted by molar-refractivity contribution is 7.24. The molecule has 0 aliphatic carbocycles. The Morgan fingerprint density at radius 1 is 1.05 bits per heavy atom. The van der Waals surface area contributed by atoms with Crippen molar-refractivity contribution in [2.75, 3.05) is 32.5 Å². The van der Waals surface area contributed by atoms with Gasteiger partial charge in [-0.15, -0.1) is 11.3 Å². The molecule has 3 aromatic rings. The Bertz CT molecular complexity index is 839. The van der Waals surface area contributed by atoms with Crippen molar-refractivity contribution in [3.05, 3.63) is 52.7 Å². The summed E-state index contributed by atoms with van der Waals surface area (Å²) in [4.78, 5) is 14.6. The van der Waals surface area contributed by atoms with Crippen LogP contribution in [-0.2, 0) is 0 Å². The van der Waals surface area contributed by atoms with Crippen LogP contribution in [0.15, 0.2) is 47.3 Å². The van der Waals surface area contributed by atoms with Crippen LogP contribution in [0.1, 0.15) is 0 Å². The van der Waals surface area contributed by atoms with E-state index in [1.54, 1.807) is 11.3 Å². The molecule has 0 fully saturated rings. The van der Waals surface area contributed by atoms with E-state index in [1.807, 2.05) is 36.4 Å². The number of rotatable bonds is 4. The molecule has 108 valence electrons. The van der Waals surface area contributed by atoms with E-state index in [1.165, 1.54) is 0 Å². The lowest BCUT2D eigenvalue weighted by molar-refractivity contribution is 0.425. The zero-order chi connectivity index (χ0) is 14.8. The molecule has 0 saturated carbocycles. The summed E-state index contributed by atoms with van der Waals surface area (Å²) >= 11 is 1.67. The van der Waals surface area contributed by atoms with Gasteiger partial charge in [-0.05, 0) is 44.4 Å². The molecule has 0 aliphatic heterocycles. The van der Waals surface area contributed by atoms with Crippen molar-refractivity contribution in [2.24, 2.45) is 0 Å². The van der Waals surface area contributed by atoms with Gasteiger partial charge in [0.05, 0.1) is 0 Å². The van der Waals surface area contributed by atoms with Crippen molar-refractivity contribution < 1.29 is 0 Å². The zero-order valence-corrected chi connectivity index (χ0v) is 13.0. The van der Waals surface area contributed by atoms with Crippen LogP contribution in [0.3, 0.4) is 0 Å². The van der Waals surface area contributed by atoms with Gasteiger partial charge < -0.3 is 10.2 Å². The van der Waals surface area contributed by atoms with Crippen LogP contribution in [0, 0.1) is 0 Å². The minimum atomic E-state index is 0.124. The Balaban J connectivity index is 2.01. The predicted molar refractivity (Wildman–Crippen MR) is 92.6 cm³/mol. The summed E-state index contributed by atoms with van der Waals surface area (Å²) in [5.41, 5.74) is 1.19. The molecule has 0 bridgehead atoms. The minimum absolute atomic E-state index is 0.124. The normalized spacial score (nSPS) is 11.4. The highest BCUT2D eigenvalue weighted by Crippen LogP contribution is 2.26. The first-order chi connectivity index (χ1) is 10.1. The van der Waals surface area contributed by atoms with Crippen LogP contribution in [-0.4, -0.2) is 32.1 Å². The van der Waals surface area contributed by atoms with E-state index >= 15 is 0 Å². The molecule has 0 amide bonds. The smallest absolute Gasteiger partial charge is 0.195 e. The van der Waals surface area contributed by atoms with Crippen molar-refractivity contribution in [3.8, 4) is 0 Å². The summed E-state index contributed by atoms with van der Waals surface area (Å²) in [6.45, 7) is 1.87. The number of benzene rings is 2. The molecule has 2 aromatic carbocycles. The summed E-state index contributed by atoms with van der Waals surface area (Å²) in [5, 5.41) is 5.01. The molecule has 0 spiro atoms. The molecule has 0 atom stereocenters. The number of nitrogens with one attached hydrogen (secondary N) is 1. The van der Waals surface area contributed by atoms with E-state index in [-0.39, 0.29) is 5.43 Å². The third-order valence-corrected chi connectivity index (χ3v) is 4.60.